The summed E-state index contributed by atoms with van der Waals surface area (Å²) < 4.78 is 13.0. The van der Waals surface area contributed by atoms with Crippen molar-refractivity contribution in [2.24, 2.45) is 5.73 Å². The van der Waals surface area contributed by atoms with E-state index in [4.69, 9.17) is 5.73 Å². The van der Waals surface area contributed by atoms with Gasteiger partial charge in [-0.1, -0.05) is 0 Å². The highest BCUT2D eigenvalue weighted by atomic mass is 19.1. The summed E-state index contributed by atoms with van der Waals surface area (Å²) in [6.45, 7) is 5.50. The third-order valence-corrected chi connectivity index (χ3v) is 2.72. The molecular formula is C13H19FN2O. The lowest BCUT2D eigenvalue weighted by molar-refractivity contribution is 0.0763. The molecule has 0 saturated carbocycles. The lowest BCUT2D eigenvalue weighted by Gasteiger charge is -2.21. The van der Waals surface area contributed by atoms with Crippen LogP contribution in [-0.2, 0) is 0 Å². The third kappa shape index (κ3) is 3.53. The molecule has 0 aliphatic heterocycles. The number of rotatable bonds is 5. The van der Waals surface area contributed by atoms with Gasteiger partial charge < -0.3 is 10.6 Å². The molecule has 0 aliphatic carbocycles. The molecule has 94 valence electrons. The molecule has 1 amide bonds. The van der Waals surface area contributed by atoms with Crippen molar-refractivity contribution >= 4 is 5.91 Å². The van der Waals surface area contributed by atoms with Gasteiger partial charge in [-0.15, -0.1) is 0 Å². The van der Waals surface area contributed by atoms with E-state index in [0.29, 0.717) is 30.8 Å². The molecule has 4 heteroatoms. The van der Waals surface area contributed by atoms with Gasteiger partial charge in [0, 0.05) is 18.7 Å². The van der Waals surface area contributed by atoms with E-state index >= 15 is 0 Å². The molecule has 2 N–H and O–H groups in total. The number of nitrogens with two attached hydrogens (primary N) is 1. The van der Waals surface area contributed by atoms with Crippen molar-refractivity contribution in [3.63, 3.8) is 0 Å². The molecule has 17 heavy (non-hydrogen) atoms. The predicted octanol–water partition coefficient (Wildman–Crippen LogP) is 1.95. The first-order valence-electron chi connectivity index (χ1n) is 5.85. The first kappa shape index (κ1) is 13.6. The quantitative estimate of drug-likeness (QED) is 0.852. The molecule has 0 bridgehead atoms. The van der Waals surface area contributed by atoms with E-state index in [2.05, 4.69) is 0 Å². The van der Waals surface area contributed by atoms with Crippen LogP contribution < -0.4 is 5.73 Å². The summed E-state index contributed by atoms with van der Waals surface area (Å²) in [5.74, 6) is -0.373. The fourth-order valence-corrected chi connectivity index (χ4v) is 1.72. The monoisotopic (exact) mass is 238 g/mol. The smallest absolute Gasteiger partial charge is 0.254 e. The maximum Gasteiger partial charge on any atom is 0.254 e. The summed E-state index contributed by atoms with van der Waals surface area (Å²) >= 11 is 0. The van der Waals surface area contributed by atoms with E-state index in [0.717, 1.165) is 6.42 Å². The Kier molecular flexibility index (Phi) is 5.10. The van der Waals surface area contributed by atoms with E-state index in [1.807, 2.05) is 6.92 Å². The van der Waals surface area contributed by atoms with E-state index < -0.39 is 0 Å². The Morgan fingerprint density at radius 2 is 2.18 bits per heavy atom. The second-order valence-electron chi connectivity index (χ2n) is 3.99. The fourth-order valence-electron chi connectivity index (χ4n) is 1.72. The van der Waals surface area contributed by atoms with Gasteiger partial charge in [-0.05, 0) is 50.6 Å². The maximum absolute atomic E-state index is 13.0. The van der Waals surface area contributed by atoms with Gasteiger partial charge in [0.25, 0.3) is 5.91 Å². The summed E-state index contributed by atoms with van der Waals surface area (Å²) in [7, 11) is 0. The first-order valence-corrected chi connectivity index (χ1v) is 5.85. The van der Waals surface area contributed by atoms with Crippen molar-refractivity contribution in [2.45, 2.75) is 20.3 Å². The second kappa shape index (κ2) is 6.35. The van der Waals surface area contributed by atoms with Crippen LogP contribution in [0.25, 0.3) is 0 Å². The van der Waals surface area contributed by atoms with E-state index in [1.165, 1.54) is 18.2 Å². The number of benzene rings is 1. The zero-order valence-corrected chi connectivity index (χ0v) is 10.4. The molecule has 1 aromatic carbocycles. The average molecular weight is 238 g/mol. The van der Waals surface area contributed by atoms with Gasteiger partial charge in [0.2, 0.25) is 0 Å². The first-order chi connectivity index (χ1) is 8.10. The van der Waals surface area contributed by atoms with Crippen LogP contribution in [0.5, 0.6) is 0 Å². The number of aryl methyl sites for hydroxylation is 1. The highest BCUT2D eigenvalue weighted by Gasteiger charge is 2.15. The number of nitrogens with zero attached hydrogens (tertiary/aromatic N) is 1. The molecule has 0 aliphatic rings. The Labute approximate surface area is 101 Å². The van der Waals surface area contributed by atoms with Gasteiger partial charge in [0.1, 0.15) is 5.82 Å². The standard InChI is InChI=1S/C13H19FN2O/c1-3-16(8-4-7-15)13(17)12-6-5-11(14)9-10(12)2/h5-6,9H,3-4,7-8,15H2,1-2H3. The molecule has 1 rings (SSSR count). The normalized spacial score (nSPS) is 10.4. The Balaban J connectivity index is 2.86. The summed E-state index contributed by atoms with van der Waals surface area (Å²) in [6.07, 6.45) is 0.778. The molecule has 0 spiro atoms. The molecular weight excluding hydrogens is 219 g/mol. The molecule has 0 atom stereocenters. The molecule has 0 saturated heterocycles. The highest BCUT2D eigenvalue weighted by Crippen LogP contribution is 2.13. The van der Waals surface area contributed by atoms with Crippen LogP contribution in [0.1, 0.15) is 29.3 Å². The minimum atomic E-state index is -0.316. The predicted molar refractivity (Wildman–Crippen MR) is 66.4 cm³/mol. The van der Waals surface area contributed by atoms with Crippen LogP contribution >= 0.6 is 0 Å². The maximum atomic E-state index is 13.0. The van der Waals surface area contributed by atoms with E-state index in [9.17, 15) is 9.18 Å². The summed E-state index contributed by atoms with van der Waals surface area (Å²) in [4.78, 5) is 13.9. The van der Waals surface area contributed by atoms with Crippen LogP contribution in [0.15, 0.2) is 18.2 Å². The molecule has 1 aromatic rings. The van der Waals surface area contributed by atoms with Gasteiger partial charge in [-0.25, -0.2) is 4.39 Å². The Hall–Kier alpha value is -1.42. The largest absolute Gasteiger partial charge is 0.339 e. The molecule has 0 fully saturated rings. The summed E-state index contributed by atoms with van der Waals surface area (Å²) in [5, 5.41) is 0. The van der Waals surface area contributed by atoms with Gasteiger partial charge in [-0.3, -0.25) is 4.79 Å². The fraction of sp³-hybridized carbons (Fsp3) is 0.462. The lowest BCUT2D eigenvalue weighted by Crippen LogP contribution is -2.33. The highest BCUT2D eigenvalue weighted by molar-refractivity contribution is 5.95. The summed E-state index contributed by atoms with van der Waals surface area (Å²) in [6, 6.07) is 4.24. The van der Waals surface area contributed by atoms with Crippen LogP contribution in [0.2, 0.25) is 0 Å². The van der Waals surface area contributed by atoms with Gasteiger partial charge in [0.05, 0.1) is 0 Å². The SMILES string of the molecule is CCN(CCCN)C(=O)c1ccc(F)cc1C. The van der Waals surface area contributed by atoms with Crippen LogP contribution in [0, 0.1) is 12.7 Å². The number of carbonyl (C=O) groups excluding carboxylic acids is 1. The van der Waals surface area contributed by atoms with Crippen molar-refractivity contribution in [1.29, 1.82) is 0 Å². The Bertz CT molecular complexity index is 393. The van der Waals surface area contributed by atoms with E-state index in [1.54, 1.807) is 11.8 Å². The summed E-state index contributed by atoms with van der Waals surface area (Å²) in [5.41, 5.74) is 6.66. The number of carbonyl (C=O) groups is 1. The molecule has 0 radical (unpaired) electrons. The third-order valence-electron chi connectivity index (χ3n) is 2.72. The van der Waals surface area contributed by atoms with E-state index in [-0.39, 0.29) is 11.7 Å². The number of hydrogen-bond acceptors (Lipinski definition) is 2. The van der Waals surface area contributed by atoms with Crippen LogP contribution in [0.4, 0.5) is 4.39 Å². The Morgan fingerprint density at radius 3 is 2.71 bits per heavy atom. The van der Waals surface area contributed by atoms with Crippen LogP contribution in [0.3, 0.4) is 0 Å². The number of halogens is 1. The van der Waals surface area contributed by atoms with Gasteiger partial charge in [-0.2, -0.15) is 0 Å². The van der Waals surface area contributed by atoms with Crippen molar-refractivity contribution in [3.05, 3.63) is 35.1 Å². The zero-order chi connectivity index (χ0) is 12.8. The minimum absolute atomic E-state index is 0.0570. The van der Waals surface area contributed by atoms with Crippen LogP contribution in [-0.4, -0.2) is 30.4 Å². The van der Waals surface area contributed by atoms with Crippen molar-refractivity contribution in [3.8, 4) is 0 Å². The zero-order valence-electron chi connectivity index (χ0n) is 10.4. The second-order valence-corrected chi connectivity index (χ2v) is 3.99. The Morgan fingerprint density at radius 1 is 1.47 bits per heavy atom. The van der Waals surface area contributed by atoms with Gasteiger partial charge >= 0.3 is 0 Å². The molecule has 0 heterocycles. The lowest BCUT2D eigenvalue weighted by atomic mass is 10.1. The molecule has 0 aromatic heterocycles. The average Bonchev–Trinajstić information content (AvgIpc) is 2.29. The topological polar surface area (TPSA) is 46.3 Å². The van der Waals surface area contributed by atoms with Crippen molar-refractivity contribution in [1.82, 2.24) is 4.90 Å². The van der Waals surface area contributed by atoms with Gasteiger partial charge in [0.15, 0.2) is 0 Å². The number of hydrogen-bond donors (Lipinski definition) is 1. The number of amides is 1. The van der Waals surface area contributed by atoms with Crippen molar-refractivity contribution in [2.75, 3.05) is 19.6 Å². The molecule has 3 nitrogen and oxygen atoms in total. The van der Waals surface area contributed by atoms with Crippen molar-refractivity contribution < 1.29 is 9.18 Å². The minimum Gasteiger partial charge on any atom is -0.339 e. The molecule has 0 unspecified atom stereocenters.